The zero-order valence-corrected chi connectivity index (χ0v) is 8.35. The fraction of sp³-hybridized carbons (Fsp3) is 0.667. The molecule has 1 amide bonds. The number of rotatable bonds is 4. The summed E-state index contributed by atoms with van der Waals surface area (Å²) in [4.78, 5) is 13.1. The molecule has 0 heterocycles. The Morgan fingerprint density at radius 3 is 2.50 bits per heavy atom. The number of nitrogens with zero attached hydrogens (tertiary/aromatic N) is 1. The van der Waals surface area contributed by atoms with E-state index >= 15 is 0 Å². The first-order chi connectivity index (χ1) is 5.57. The van der Waals surface area contributed by atoms with Crippen LogP contribution >= 0.6 is 0 Å². The standard InChI is InChI=1S/C9H18N2O/c1-5-6-10-9(12)8(2)7-11(3)4/h7H,5-6H2,1-4H3,(H,10,12). The zero-order valence-electron chi connectivity index (χ0n) is 8.35. The van der Waals surface area contributed by atoms with E-state index in [1.54, 1.807) is 0 Å². The summed E-state index contributed by atoms with van der Waals surface area (Å²) in [6.45, 7) is 4.59. The summed E-state index contributed by atoms with van der Waals surface area (Å²) in [5.41, 5.74) is 0.744. The van der Waals surface area contributed by atoms with Crippen LogP contribution in [0.5, 0.6) is 0 Å². The van der Waals surface area contributed by atoms with Gasteiger partial charge in [0.1, 0.15) is 0 Å². The largest absolute Gasteiger partial charge is 0.383 e. The van der Waals surface area contributed by atoms with Gasteiger partial charge in [-0.25, -0.2) is 0 Å². The van der Waals surface area contributed by atoms with Crippen molar-refractivity contribution in [3.05, 3.63) is 11.8 Å². The van der Waals surface area contributed by atoms with Gasteiger partial charge in [-0.1, -0.05) is 6.92 Å². The summed E-state index contributed by atoms with van der Waals surface area (Å²) >= 11 is 0. The molecular formula is C9H18N2O. The second-order valence-corrected chi connectivity index (χ2v) is 3.03. The minimum absolute atomic E-state index is 0.0190. The van der Waals surface area contributed by atoms with Crippen LogP contribution in [0.4, 0.5) is 0 Å². The highest BCUT2D eigenvalue weighted by molar-refractivity contribution is 5.92. The Morgan fingerprint density at radius 1 is 1.50 bits per heavy atom. The highest BCUT2D eigenvalue weighted by Crippen LogP contribution is 1.93. The molecule has 1 N–H and O–H groups in total. The Labute approximate surface area is 74.4 Å². The van der Waals surface area contributed by atoms with E-state index in [1.807, 2.05) is 39.0 Å². The Balaban J connectivity index is 3.92. The molecule has 0 radical (unpaired) electrons. The van der Waals surface area contributed by atoms with Crippen LogP contribution in [0.15, 0.2) is 11.8 Å². The molecule has 0 rings (SSSR count). The molecule has 0 aromatic carbocycles. The molecule has 0 spiro atoms. The predicted molar refractivity (Wildman–Crippen MR) is 50.7 cm³/mol. The van der Waals surface area contributed by atoms with Crippen LogP contribution in [0.25, 0.3) is 0 Å². The number of hydrogen-bond donors (Lipinski definition) is 1. The smallest absolute Gasteiger partial charge is 0.248 e. The topological polar surface area (TPSA) is 32.3 Å². The molecule has 0 saturated carbocycles. The van der Waals surface area contributed by atoms with Crippen LogP contribution in [0, 0.1) is 0 Å². The van der Waals surface area contributed by atoms with Gasteiger partial charge in [0.15, 0.2) is 0 Å². The Bertz CT molecular complexity index is 173. The quantitative estimate of drug-likeness (QED) is 0.638. The van der Waals surface area contributed by atoms with Crippen LogP contribution in [-0.2, 0) is 4.79 Å². The number of carbonyl (C=O) groups is 1. The van der Waals surface area contributed by atoms with Crippen molar-refractivity contribution in [1.29, 1.82) is 0 Å². The molecule has 0 aliphatic heterocycles. The lowest BCUT2D eigenvalue weighted by molar-refractivity contribution is -0.117. The van der Waals surface area contributed by atoms with E-state index in [-0.39, 0.29) is 5.91 Å². The molecule has 0 aromatic heterocycles. The Morgan fingerprint density at radius 2 is 2.08 bits per heavy atom. The first-order valence-corrected chi connectivity index (χ1v) is 4.21. The van der Waals surface area contributed by atoms with E-state index in [0.29, 0.717) is 0 Å². The van der Waals surface area contributed by atoms with Gasteiger partial charge in [-0.15, -0.1) is 0 Å². The average Bonchev–Trinajstić information content (AvgIpc) is 1.98. The van der Waals surface area contributed by atoms with Crippen LogP contribution in [0.2, 0.25) is 0 Å². The third kappa shape index (κ3) is 4.77. The predicted octanol–water partition coefficient (Wildman–Crippen LogP) is 0.978. The van der Waals surface area contributed by atoms with Crippen LogP contribution in [0.3, 0.4) is 0 Å². The van der Waals surface area contributed by atoms with Crippen molar-refractivity contribution in [2.45, 2.75) is 20.3 Å². The zero-order chi connectivity index (χ0) is 9.56. The summed E-state index contributed by atoms with van der Waals surface area (Å²) in [7, 11) is 3.80. The van der Waals surface area contributed by atoms with E-state index in [4.69, 9.17) is 0 Å². The second-order valence-electron chi connectivity index (χ2n) is 3.03. The highest BCUT2D eigenvalue weighted by atomic mass is 16.1. The molecule has 0 aliphatic rings. The summed E-state index contributed by atoms with van der Waals surface area (Å²) in [6, 6.07) is 0. The van der Waals surface area contributed by atoms with Gasteiger partial charge in [0, 0.05) is 32.4 Å². The van der Waals surface area contributed by atoms with Crippen molar-refractivity contribution in [3.8, 4) is 0 Å². The van der Waals surface area contributed by atoms with Crippen molar-refractivity contribution < 1.29 is 4.79 Å². The molecule has 3 nitrogen and oxygen atoms in total. The first-order valence-electron chi connectivity index (χ1n) is 4.21. The summed E-state index contributed by atoms with van der Waals surface area (Å²) in [5.74, 6) is 0.0190. The van der Waals surface area contributed by atoms with Gasteiger partial charge in [-0.2, -0.15) is 0 Å². The number of amides is 1. The normalized spacial score (nSPS) is 11.2. The molecule has 0 atom stereocenters. The van der Waals surface area contributed by atoms with Gasteiger partial charge in [-0.05, 0) is 13.3 Å². The number of nitrogens with one attached hydrogen (secondary N) is 1. The van der Waals surface area contributed by atoms with Crippen molar-refractivity contribution >= 4 is 5.91 Å². The van der Waals surface area contributed by atoms with Gasteiger partial charge in [0.2, 0.25) is 5.91 Å². The molecule has 3 heteroatoms. The van der Waals surface area contributed by atoms with Gasteiger partial charge in [0.25, 0.3) is 0 Å². The van der Waals surface area contributed by atoms with E-state index in [1.165, 1.54) is 0 Å². The van der Waals surface area contributed by atoms with Gasteiger partial charge in [-0.3, -0.25) is 4.79 Å². The van der Waals surface area contributed by atoms with Crippen molar-refractivity contribution in [2.24, 2.45) is 0 Å². The Hall–Kier alpha value is -0.990. The maximum Gasteiger partial charge on any atom is 0.248 e. The van der Waals surface area contributed by atoms with Gasteiger partial charge < -0.3 is 10.2 Å². The molecule has 0 saturated heterocycles. The minimum Gasteiger partial charge on any atom is -0.383 e. The third-order valence-electron chi connectivity index (χ3n) is 1.35. The third-order valence-corrected chi connectivity index (χ3v) is 1.35. The monoisotopic (exact) mass is 170 g/mol. The molecule has 0 bridgehead atoms. The van der Waals surface area contributed by atoms with E-state index in [2.05, 4.69) is 5.32 Å². The molecule has 0 aliphatic carbocycles. The minimum atomic E-state index is 0.0190. The summed E-state index contributed by atoms with van der Waals surface area (Å²) in [5, 5.41) is 2.80. The lowest BCUT2D eigenvalue weighted by Crippen LogP contribution is -2.25. The van der Waals surface area contributed by atoms with Gasteiger partial charge in [0.05, 0.1) is 0 Å². The molecule has 0 aromatic rings. The van der Waals surface area contributed by atoms with Crippen LogP contribution in [0.1, 0.15) is 20.3 Å². The van der Waals surface area contributed by atoms with Crippen molar-refractivity contribution in [2.75, 3.05) is 20.6 Å². The maximum absolute atomic E-state index is 11.2. The van der Waals surface area contributed by atoms with Crippen molar-refractivity contribution in [1.82, 2.24) is 10.2 Å². The highest BCUT2D eigenvalue weighted by Gasteiger charge is 2.01. The molecule has 70 valence electrons. The first kappa shape index (κ1) is 11.0. The van der Waals surface area contributed by atoms with E-state index < -0.39 is 0 Å². The number of carbonyl (C=O) groups excluding carboxylic acids is 1. The molecule has 0 fully saturated rings. The second kappa shape index (κ2) is 5.63. The maximum atomic E-state index is 11.2. The van der Waals surface area contributed by atoms with Gasteiger partial charge >= 0.3 is 0 Å². The van der Waals surface area contributed by atoms with E-state index in [9.17, 15) is 4.79 Å². The van der Waals surface area contributed by atoms with Crippen LogP contribution in [-0.4, -0.2) is 31.4 Å². The fourth-order valence-corrected chi connectivity index (χ4v) is 0.824. The Kier molecular flexibility index (Phi) is 5.17. The lowest BCUT2D eigenvalue weighted by atomic mass is 10.3. The summed E-state index contributed by atoms with van der Waals surface area (Å²) in [6.07, 6.45) is 2.78. The SMILES string of the molecule is CCCNC(=O)C(C)=CN(C)C. The van der Waals surface area contributed by atoms with E-state index in [0.717, 1.165) is 18.5 Å². The van der Waals surface area contributed by atoms with Crippen LogP contribution < -0.4 is 5.32 Å². The molecule has 12 heavy (non-hydrogen) atoms. The number of hydrogen-bond acceptors (Lipinski definition) is 2. The van der Waals surface area contributed by atoms with Crippen molar-refractivity contribution in [3.63, 3.8) is 0 Å². The fourth-order valence-electron chi connectivity index (χ4n) is 0.824. The summed E-state index contributed by atoms with van der Waals surface area (Å²) < 4.78 is 0. The molecular weight excluding hydrogens is 152 g/mol. The molecule has 0 unspecified atom stereocenters. The average molecular weight is 170 g/mol. The lowest BCUT2D eigenvalue weighted by Gasteiger charge is -2.08.